The summed E-state index contributed by atoms with van der Waals surface area (Å²) in [6.07, 6.45) is 8.02. The zero-order chi connectivity index (χ0) is 32.3. The summed E-state index contributed by atoms with van der Waals surface area (Å²) in [6.45, 7) is 2.00. The van der Waals surface area contributed by atoms with E-state index in [4.69, 9.17) is 22.0 Å². The molecule has 234 valence electrons. The van der Waals surface area contributed by atoms with Crippen LogP contribution in [0.4, 0.5) is 34.9 Å². The summed E-state index contributed by atoms with van der Waals surface area (Å²) in [5.74, 6) is 0.930. The lowest BCUT2D eigenvalue weighted by molar-refractivity contribution is 0.198. The molecule has 3 aromatic heterocycles. The average Bonchev–Trinajstić information content (AvgIpc) is 3.75. The number of rotatable bonds is 4. The monoisotopic (exact) mass is 626 g/mol. The molecule has 0 unspecified atom stereocenters. The zero-order valence-corrected chi connectivity index (χ0v) is 23.3. The predicted molar refractivity (Wildman–Crippen MR) is 156 cm³/mol. The molecule has 0 bridgehead atoms. The minimum atomic E-state index is -1.18. The first-order chi connectivity index (χ1) is 21.7. The number of anilines is 2. The lowest BCUT2D eigenvalue weighted by Gasteiger charge is -2.07. The van der Waals surface area contributed by atoms with Gasteiger partial charge in [-0.15, -0.1) is 0 Å². The molecule has 14 nitrogen and oxygen atoms in total. The molecule has 0 aliphatic carbocycles. The third-order valence-electron chi connectivity index (χ3n) is 5.86. The number of aromatic amines is 1. The summed E-state index contributed by atoms with van der Waals surface area (Å²) in [5.41, 5.74) is 12.5. The van der Waals surface area contributed by atoms with Gasteiger partial charge in [0.25, 0.3) is 0 Å². The molecule has 0 saturated carbocycles. The number of nitrogens with one attached hydrogen (secondary N) is 2. The fourth-order valence-corrected chi connectivity index (χ4v) is 3.76. The molecule has 1 fully saturated rings. The maximum Gasteiger partial charge on any atom is 0.348 e. The van der Waals surface area contributed by atoms with Crippen LogP contribution in [0.15, 0.2) is 71.0 Å². The van der Waals surface area contributed by atoms with Crippen molar-refractivity contribution in [3.63, 3.8) is 0 Å². The standard InChI is InChI=1S/C12H8F2N6O.C11H10F2N6.C4H8O/c13-6-2-1-3-7(8(6)14)20-11(18-19-12(20)21)9-10(15)17-5-4-16-9;12-6-2-1-3-7(8(6)13)18-11(19-15)9-10(14)17-5-4-16-9;1-2-4-5-3-1/h1-5H,(H2,15,17)(H,19,21);1-5H,15H2,(H2,14,17)(H,18,19);1-4H2. The van der Waals surface area contributed by atoms with Gasteiger partial charge in [0.2, 0.25) is 0 Å². The van der Waals surface area contributed by atoms with Gasteiger partial charge in [0, 0.05) is 38.0 Å². The van der Waals surface area contributed by atoms with Gasteiger partial charge in [-0.05, 0) is 37.1 Å². The molecule has 4 heterocycles. The molecule has 0 atom stereocenters. The number of halogens is 4. The highest BCUT2D eigenvalue weighted by atomic mass is 19.2. The van der Waals surface area contributed by atoms with Crippen molar-refractivity contribution in [2.75, 3.05) is 24.7 Å². The van der Waals surface area contributed by atoms with Crippen molar-refractivity contribution in [1.29, 1.82) is 0 Å². The van der Waals surface area contributed by atoms with Crippen LogP contribution in [0.5, 0.6) is 0 Å². The number of hydrogen-bond donors (Lipinski definition) is 5. The Labute approximate surface area is 252 Å². The third-order valence-corrected chi connectivity index (χ3v) is 5.86. The van der Waals surface area contributed by atoms with Crippen molar-refractivity contribution in [1.82, 2.24) is 40.1 Å². The van der Waals surface area contributed by atoms with Crippen molar-refractivity contribution in [2.45, 2.75) is 12.8 Å². The maximum atomic E-state index is 13.9. The molecule has 1 aliphatic heterocycles. The number of benzene rings is 2. The lowest BCUT2D eigenvalue weighted by Crippen LogP contribution is -2.32. The van der Waals surface area contributed by atoms with Crippen LogP contribution < -0.4 is 28.4 Å². The van der Waals surface area contributed by atoms with E-state index in [1.54, 1.807) is 0 Å². The molecule has 5 aromatic rings. The number of amidine groups is 1. The highest BCUT2D eigenvalue weighted by Gasteiger charge is 2.20. The van der Waals surface area contributed by atoms with E-state index in [2.05, 4.69) is 40.6 Å². The van der Waals surface area contributed by atoms with Crippen LogP contribution in [0.2, 0.25) is 0 Å². The number of nitrogen functional groups attached to an aromatic ring is 2. The van der Waals surface area contributed by atoms with Crippen LogP contribution in [-0.4, -0.2) is 53.7 Å². The first-order valence-corrected chi connectivity index (χ1v) is 13.1. The predicted octanol–water partition coefficient (Wildman–Crippen LogP) is 2.55. The van der Waals surface area contributed by atoms with E-state index in [0.29, 0.717) is 0 Å². The van der Waals surface area contributed by atoms with Crippen LogP contribution in [0.25, 0.3) is 17.2 Å². The molecule has 18 heteroatoms. The summed E-state index contributed by atoms with van der Waals surface area (Å²) < 4.78 is 59.6. The summed E-state index contributed by atoms with van der Waals surface area (Å²) >= 11 is 0. The minimum Gasteiger partial charge on any atom is -0.382 e. The minimum absolute atomic E-state index is 0.00885. The van der Waals surface area contributed by atoms with Gasteiger partial charge in [0.05, 0.1) is 5.69 Å². The first-order valence-electron chi connectivity index (χ1n) is 13.1. The van der Waals surface area contributed by atoms with Gasteiger partial charge in [-0.25, -0.2) is 62.8 Å². The van der Waals surface area contributed by atoms with E-state index < -0.39 is 29.0 Å². The van der Waals surface area contributed by atoms with Crippen LogP contribution in [0, 0.1) is 23.3 Å². The number of nitrogens with two attached hydrogens (primary N) is 3. The van der Waals surface area contributed by atoms with Crippen molar-refractivity contribution in [2.24, 2.45) is 10.8 Å². The first kappa shape index (κ1) is 32.2. The second-order valence-electron chi connectivity index (χ2n) is 8.84. The number of aliphatic imine (C=N–C) groups is 1. The average molecular weight is 627 g/mol. The second-order valence-corrected chi connectivity index (χ2v) is 8.84. The number of hydrazine groups is 1. The summed E-state index contributed by atoms with van der Waals surface area (Å²) in [5, 5.41) is 5.90. The van der Waals surface area contributed by atoms with Crippen molar-refractivity contribution < 1.29 is 22.3 Å². The number of H-pyrrole nitrogens is 1. The Bertz CT molecular complexity index is 1840. The molecule has 2 aromatic carbocycles. The summed E-state index contributed by atoms with van der Waals surface area (Å²) in [6, 6.07) is 7.07. The van der Waals surface area contributed by atoms with E-state index in [-0.39, 0.29) is 46.1 Å². The van der Waals surface area contributed by atoms with Gasteiger partial charge in [-0.1, -0.05) is 12.1 Å². The van der Waals surface area contributed by atoms with E-state index in [1.807, 2.05) is 0 Å². The SMILES string of the molecule is C1CCOC1.NNC(=Nc1cccc(F)c1F)c1nccnc1N.Nc1nccnc1-c1n[nH]c(=O)n1-c1cccc(F)c1F. The van der Waals surface area contributed by atoms with Crippen molar-refractivity contribution in [3.8, 4) is 17.2 Å². The zero-order valence-electron chi connectivity index (χ0n) is 23.3. The Kier molecular flexibility index (Phi) is 10.8. The molecule has 0 spiro atoms. The Balaban J connectivity index is 0.000000178. The molecule has 0 amide bonds. The normalized spacial score (nSPS) is 12.5. The molecule has 1 saturated heterocycles. The smallest absolute Gasteiger partial charge is 0.348 e. The van der Waals surface area contributed by atoms with Gasteiger partial charge >= 0.3 is 5.69 Å². The molecule has 0 radical (unpaired) electrons. The van der Waals surface area contributed by atoms with E-state index in [9.17, 15) is 22.4 Å². The third kappa shape index (κ3) is 7.80. The van der Waals surface area contributed by atoms with Gasteiger partial charge in [0.1, 0.15) is 11.4 Å². The fourth-order valence-electron chi connectivity index (χ4n) is 3.76. The second kappa shape index (κ2) is 15.1. The van der Waals surface area contributed by atoms with Gasteiger partial charge < -0.3 is 21.6 Å². The molecular formula is C27H26F4N12O2. The van der Waals surface area contributed by atoms with Gasteiger partial charge in [-0.3, -0.25) is 0 Å². The van der Waals surface area contributed by atoms with Crippen LogP contribution >= 0.6 is 0 Å². The van der Waals surface area contributed by atoms with E-state index in [1.165, 1.54) is 61.9 Å². The summed E-state index contributed by atoms with van der Waals surface area (Å²) in [4.78, 5) is 31.2. The van der Waals surface area contributed by atoms with Crippen LogP contribution in [0.3, 0.4) is 0 Å². The number of ether oxygens (including phenoxy) is 1. The quantitative estimate of drug-likeness (QED) is 0.0642. The molecule has 6 rings (SSSR count). The molecule has 1 aliphatic rings. The number of nitrogens with zero attached hydrogens (tertiary/aromatic N) is 7. The van der Waals surface area contributed by atoms with Crippen molar-refractivity contribution in [3.05, 3.63) is 101 Å². The fraction of sp³-hybridized carbons (Fsp3) is 0.148. The highest BCUT2D eigenvalue weighted by molar-refractivity contribution is 6.01. The lowest BCUT2D eigenvalue weighted by atomic mass is 10.2. The Hall–Kier alpha value is -5.75. The highest BCUT2D eigenvalue weighted by Crippen LogP contribution is 2.23. The molecular weight excluding hydrogens is 600 g/mol. The number of hydrogen-bond acceptors (Lipinski definition) is 11. The molecule has 45 heavy (non-hydrogen) atoms. The van der Waals surface area contributed by atoms with E-state index >= 15 is 0 Å². The Morgan fingerprint density at radius 1 is 0.867 bits per heavy atom. The summed E-state index contributed by atoms with van der Waals surface area (Å²) in [7, 11) is 0. The van der Waals surface area contributed by atoms with Gasteiger partial charge in [0.15, 0.2) is 52.3 Å². The van der Waals surface area contributed by atoms with Crippen LogP contribution in [0.1, 0.15) is 18.5 Å². The topological polar surface area (TPSA) is 214 Å². The van der Waals surface area contributed by atoms with Crippen LogP contribution in [-0.2, 0) is 4.74 Å². The molecule has 8 N–H and O–H groups in total. The Morgan fingerprint density at radius 3 is 2.11 bits per heavy atom. The maximum absolute atomic E-state index is 13.9. The number of aromatic nitrogens is 7. The largest absolute Gasteiger partial charge is 0.382 e. The van der Waals surface area contributed by atoms with Crippen molar-refractivity contribution >= 4 is 23.2 Å². The van der Waals surface area contributed by atoms with E-state index in [0.717, 1.165) is 29.9 Å². The van der Waals surface area contributed by atoms with Gasteiger partial charge in [-0.2, -0.15) is 5.10 Å². The Morgan fingerprint density at radius 2 is 1.49 bits per heavy atom.